The van der Waals surface area contributed by atoms with Crippen LogP contribution in [-0.2, 0) is 0 Å². The van der Waals surface area contributed by atoms with E-state index >= 15 is 0 Å². The largest absolute Gasteiger partial charge is 0.491 e. The van der Waals surface area contributed by atoms with E-state index in [9.17, 15) is 14.5 Å². The summed E-state index contributed by atoms with van der Waals surface area (Å²) in [6.07, 6.45) is 0.396. The zero-order valence-electron chi connectivity index (χ0n) is 8.48. The molecule has 1 heterocycles. The van der Waals surface area contributed by atoms with Gasteiger partial charge in [-0.05, 0) is 0 Å². The molecule has 0 unspecified atom stereocenters. The van der Waals surface area contributed by atoms with Crippen LogP contribution in [0.1, 0.15) is 18.0 Å². The maximum Gasteiger partial charge on any atom is 0.313 e. The summed E-state index contributed by atoms with van der Waals surface area (Å²) in [6.45, 7) is 0.316. The number of halogens is 3. The van der Waals surface area contributed by atoms with E-state index in [2.05, 4.69) is 0 Å². The smallest absolute Gasteiger partial charge is 0.313 e. The quantitative estimate of drug-likeness (QED) is 0.634. The van der Waals surface area contributed by atoms with Crippen molar-refractivity contribution in [1.29, 1.82) is 0 Å². The Morgan fingerprint density at radius 3 is 2.88 bits per heavy atom. The van der Waals surface area contributed by atoms with Crippen LogP contribution in [0.3, 0.4) is 0 Å². The second-order valence-electron chi connectivity index (χ2n) is 3.43. The molecule has 1 aromatic carbocycles. The van der Waals surface area contributed by atoms with E-state index in [1.54, 1.807) is 0 Å². The number of nitrogens with two attached hydrogens (primary N) is 1. The molecule has 1 aliphatic rings. The molecule has 0 saturated carbocycles. The molecular formula is C9H9Cl2FN2O3. The summed E-state index contributed by atoms with van der Waals surface area (Å²) in [5.41, 5.74) is 5.11. The molecule has 0 bridgehead atoms. The molecule has 94 valence electrons. The standard InChI is InChI=1S/C9H8ClFN2O3.ClH/c10-4-3-5(11)8(13(14)15)7-6(12)1-2-16-9(4)7;/h3,6H,1-2,12H2;1H/t6-;/m0./s1. The fraction of sp³-hybridized carbons (Fsp3) is 0.333. The summed E-state index contributed by atoms with van der Waals surface area (Å²) < 4.78 is 18.6. The molecule has 0 aromatic heterocycles. The molecule has 0 saturated heterocycles. The molecule has 0 amide bonds. The average Bonchev–Trinajstić information content (AvgIpc) is 2.19. The minimum atomic E-state index is -0.991. The molecule has 2 rings (SSSR count). The van der Waals surface area contributed by atoms with Gasteiger partial charge in [0.15, 0.2) is 0 Å². The number of nitro groups is 1. The first-order chi connectivity index (χ1) is 7.52. The predicted octanol–water partition coefficient (Wildman–Crippen LogP) is 2.59. The van der Waals surface area contributed by atoms with E-state index in [0.29, 0.717) is 13.0 Å². The van der Waals surface area contributed by atoms with Crippen molar-refractivity contribution < 1.29 is 14.1 Å². The number of ether oxygens (including phenoxy) is 1. The van der Waals surface area contributed by atoms with Gasteiger partial charge in [0.05, 0.1) is 22.1 Å². The third-order valence-corrected chi connectivity index (χ3v) is 2.71. The van der Waals surface area contributed by atoms with Crippen molar-refractivity contribution in [2.24, 2.45) is 5.73 Å². The van der Waals surface area contributed by atoms with Gasteiger partial charge >= 0.3 is 5.69 Å². The molecule has 1 aromatic rings. The van der Waals surface area contributed by atoms with Gasteiger partial charge < -0.3 is 10.5 Å². The monoisotopic (exact) mass is 282 g/mol. The predicted molar refractivity (Wildman–Crippen MR) is 62.4 cm³/mol. The van der Waals surface area contributed by atoms with Crippen LogP contribution in [0.25, 0.3) is 0 Å². The van der Waals surface area contributed by atoms with Crippen molar-refractivity contribution in [1.82, 2.24) is 0 Å². The Labute approximate surface area is 107 Å². The Morgan fingerprint density at radius 1 is 1.65 bits per heavy atom. The molecule has 0 radical (unpaired) electrons. The van der Waals surface area contributed by atoms with Crippen LogP contribution in [0.5, 0.6) is 5.75 Å². The lowest BCUT2D eigenvalue weighted by Crippen LogP contribution is -2.22. The molecule has 1 aliphatic heterocycles. The van der Waals surface area contributed by atoms with Crippen molar-refractivity contribution >= 4 is 29.7 Å². The van der Waals surface area contributed by atoms with E-state index in [1.165, 1.54) is 0 Å². The van der Waals surface area contributed by atoms with Gasteiger partial charge in [-0.3, -0.25) is 10.1 Å². The molecule has 2 N–H and O–H groups in total. The topological polar surface area (TPSA) is 78.4 Å². The Bertz CT molecular complexity index is 470. The second-order valence-corrected chi connectivity index (χ2v) is 3.84. The van der Waals surface area contributed by atoms with Gasteiger partial charge in [-0.2, -0.15) is 4.39 Å². The van der Waals surface area contributed by atoms with Crippen LogP contribution in [0, 0.1) is 15.9 Å². The Hall–Kier alpha value is -1.11. The lowest BCUT2D eigenvalue weighted by atomic mass is 9.99. The highest BCUT2D eigenvalue weighted by atomic mass is 35.5. The van der Waals surface area contributed by atoms with Crippen LogP contribution in [0.2, 0.25) is 5.02 Å². The molecular weight excluding hydrogens is 274 g/mol. The number of rotatable bonds is 1. The highest BCUT2D eigenvalue weighted by molar-refractivity contribution is 6.32. The summed E-state index contributed by atoms with van der Waals surface area (Å²) in [5, 5.41) is 10.8. The lowest BCUT2D eigenvalue weighted by Gasteiger charge is -2.23. The van der Waals surface area contributed by atoms with E-state index in [-0.39, 0.29) is 28.7 Å². The van der Waals surface area contributed by atoms with E-state index in [4.69, 9.17) is 22.1 Å². The van der Waals surface area contributed by atoms with Crippen LogP contribution in [0.4, 0.5) is 10.1 Å². The van der Waals surface area contributed by atoms with Crippen molar-refractivity contribution in [2.45, 2.75) is 12.5 Å². The van der Waals surface area contributed by atoms with Gasteiger partial charge in [0.2, 0.25) is 5.82 Å². The minimum Gasteiger partial charge on any atom is -0.491 e. The van der Waals surface area contributed by atoms with Crippen LogP contribution >= 0.6 is 24.0 Å². The summed E-state index contributed by atoms with van der Waals surface area (Å²) in [6, 6.07) is 0.244. The zero-order valence-corrected chi connectivity index (χ0v) is 10.1. The average molecular weight is 283 g/mol. The van der Waals surface area contributed by atoms with Crippen LogP contribution in [-0.4, -0.2) is 11.5 Å². The molecule has 0 aliphatic carbocycles. The summed E-state index contributed by atoms with van der Waals surface area (Å²) in [4.78, 5) is 9.96. The van der Waals surface area contributed by atoms with Crippen LogP contribution < -0.4 is 10.5 Å². The number of benzene rings is 1. The van der Waals surface area contributed by atoms with E-state index in [0.717, 1.165) is 6.07 Å². The fourth-order valence-corrected chi connectivity index (χ4v) is 1.97. The van der Waals surface area contributed by atoms with Crippen LogP contribution in [0.15, 0.2) is 6.07 Å². The highest BCUT2D eigenvalue weighted by Crippen LogP contribution is 2.43. The first kappa shape index (κ1) is 14.0. The van der Waals surface area contributed by atoms with Crippen molar-refractivity contribution in [2.75, 3.05) is 6.61 Å². The number of nitro benzene ring substituents is 1. The Morgan fingerprint density at radius 2 is 2.29 bits per heavy atom. The molecule has 8 heteroatoms. The molecule has 0 spiro atoms. The SMILES string of the molecule is Cl.N[C@H]1CCOc2c(Cl)cc(F)c([N+](=O)[O-])c21. The molecule has 5 nitrogen and oxygen atoms in total. The molecule has 1 atom stereocenters. The normalized spacial score (nSPS) is 17.7. The minimum absolute atomic E-state index is 0. The maximum atomic E-state index is 13.4. The molecule has 17 heavy (non-hydrogen) atoms. The van der Waals surface area contributed by atoms with Gasteiger partial charge in [0, 0.05) is 18.5 Å². The lowest BCUT2D eigenvalue weighted by molar-refractivity contribution is -0.388. The van der Waals surface area contributed by atoms with Gasteiger partial charge in [0.1, 0.15) is 5.75 Å². The summed E-state index contributed by atoms with van der Waals surface area (Å²) in [7, 11) is 0. The summed E-state index contributed by atoms with van der Waals surface area (Å²) in [5.74, 6) is -0.872. The first-order valence-electron chi connectivity index (χ1n) is 4.57. The summed E-state index contributed by atoms with van der Waals surface area (Å²) >= 11 is 5.75. The Kier molecular flexibility index (Phi) is 4.13. The van der Waals surface area contributed by atoms with E-state index in [1.807, 2.05) is 0 Å². The number of hydrogen-bond acceptors (Lipinski definition) is 4. The number of hydrogen-bond donors (Lipinski definition) is 1. The maximum absolute atomic E-state index is 13.4. The number of nitrogens with zero attached hydrogens (tertiary/aromatic N) is 1. The Balaban J connectivity index is 0.00000144. The molecule has 0 fully saturated rings. The fourth-order valence-electron chi connectivity index (χ4n) is 1.72. The van der Waals surface area contributed by atoms with Gasteiger partial charge in [-0.25, -0.2) is 0 Å². The van der Waals surface area contributed by atoms with Gasteiger partial charge in [-0.1, -0.05) is 11.6 Å². The first-order valence-corrected chi connectivity index (χ1v) is 4.95. The second kappa shape index (κ2) is 5.03. The third kappa shape index (κ3) is 2.29. The van der Waals surface area contributed by atoms with Crippen molar-refractivity contribution in [3.63, 3.8) is 0 Å². The van der Waals surface area contributed by atoms with Crippen molar-refractivity contribution in [3.8, 4) is 5.75 Å². The third-order valence-electron chi connectivity index (χ3n) is 2.42. The zero-order chi connectivity index (χ0) is 11.9. The van der Waals surface area contributed by atoms with E-state index < -0.39 is 22.5 Å². The van der Waals surface area contributed by atoms with Gasteiger partial charge in [0.25, 0.3) is 0 Å². The highest BCUT2D eigenvalue weighted by Gasteiger charge is 2.33. The number of fused-ring (bicyclic) bond motifs is 1. The van der Waals surface area contributed by atoms with Gasteiger partial charge in [-0.15, -0.1) is 12.4 Å². The van der Waals surface area contributed by atoms with Crippen molar-refractivity contribution in [3.05, 3.63) is 32.6 Å².